The Morgan fingerprint density at radius 3 is 2.58 bits per heavy atom. The van der Waals surface area contributed by atoms with Crippen LogP contribution in [0, 0.1) is 0 Å². The van der Waals surface area contributed by atoms with Crippen molar-refractivity contribution in [2.75, 3.05) is 13.6 Å². The number of carbonyl (C=O) groups is 1. The monoisotopic (exact) mass is 394 g/mol. The molecule has 0 radical (unpaired) electrons. The van der Waals surface area contributed by atoms with Gasteiger partial charge in [0.25, 0.3) is 0 Å². The molecule has 7 heteroatoms. The van der Waals surface area contributed by atoms with Crippen LogP contribution in [0.15, 0.2) is 47.6 Å². The Morgan fingerprint density at radius 2 is 2.00 bits per heavy atom. The van der Waals surface area contributed by atoms with Gasteiger partial charge in [0.1, 0.15) is 6.04 Å². The van der Waals surface area contributed by atoms with Gasteiger partial charge in [-0.3, -0.25) is 9.48 Å². The Labute approximate surface area is 165 Å². The van der Waals surface area contributed by atoms with E-state index in [2.05, 4.69) is 40.0 Å². The van der Waals surface area contributed by atoms with Crippen LogP contribution in [0.3, 0.4) is 0 Å². The van der Waals surface area contributed by atoms with E-state index in [-0.39, 0.29) is 29.1 Å². The largest absolute Gasteiger partial charge is 0.353 e. The first kappa shape index (κ1) is 20.8. The van der Waals surface area contributed by atoms with Gasteiger partial charge >= 0.3 is 0 Å². The SMILES string of the molecule is CNC(C(=O)NCC1(Sc2ccccc2)CCCC1)c1cnn(C)c1.Cl. The molecule has 1 aromatic carbocycles. The van der Waals surface area contributed by atoms with Crippen molar-refractivity contribution in [3.63, 3.8) is 0 Å². The van der Waals surface area contributed by atoms with Gasteiger partial charge in [0.05, 0.1) is 6.20 Å². The van der Waals surface area contributed by atoms with Gasteiger partial charge in [0, 0.05) is 35.0 Å². The quantitative estimate of drug-likeness (QED) is 0.756. The summed E-state index contributed by atoms with van der Waals surface area (Å²) in [5.74, 6) is 0.00966. The lowest BCUT2D eigenvalue weighted by atomic mass is 10.1. The fourth-order valence-corrected chi connectivity index (χ4v) is 4.89. The predicted octanol–water partition coefficient (Wildman–Crippen LogP) is 3.32. The molecule has 142 valence electrons. The predicted molar refractivity (Wildman–Crippen MR) is 109 cm³/mol. The van der Waals surface area contributed by atoms with Crippen molar-refractivity contribution >= 4 is 30.1 Å². The third kappa shape index (κ3) is 5.02. The Morgan fingerprint density at radius 1 is 1.31 bits per heavy atom. The topological polar surface area (TPSA) is 59.0 Å². The van der Waals surface area contributed by atoms with Gasteiger partial charge in [-0.1, -0.05) is 31.0 Å². The number of nitrogens with one attached hydrogen (secondary N) is 2. The summed E-state index contributed by atoms with van der Waals surface area (Å²) >= 11 is 1.91. The third-order valence-electron chi connectivity index (χ3n) is 4.79. The molecular formula is C19H27ClN4OS. The summed E-state index contributed by atoms with van der Waals surface area (Å²) in [5, 5.41) is 10.4. The fourth-order valence-electron chi connectivity index (χ4n) is 3.46. The van der Waals surface area contributed by atoms with E-state index in [0.717, 1.165) is 18.4 Å². The first-order valence-electron chi connectivity index (χ1n) is 8.79. The lowest BCUT2D eigenvalue weighted by Gasteiger charge is -2.29. The molecule has 5 nitrogen and oxygen atoms in total. The number of aromatic nitrogens is 2. The molecule has 3 rings (SSSR count). The smallest absolute Gasteiger partial charge is 0.241 e. The van der Waals surface area contributed by atoms with Gasteiger partial charge in [-0.05, 0) is 32.0 Å². The molecule has 0 bridgehead atoms. The van der Waals surface area contributed by atoms with Crippen molar-refractivity contribution < 1.29 is 4.79 Å². The van der Waals surface area contributed by atoms with Crippen LogP contribution < -0.4 is 10.6 Å². The van der Waals surface area contributed by atoms with Gasteiger partial charge in [0.2, 0.25) is 5.91 Å². The van der Waals surface area contributed by atoms with Gasteiger partial charge < -0.3 is 10.6 Å². The zero-order valence-electron chi connectivity index (χ0n) is 15.3. The van der Waals surface area contributed by atoms with Crippen LogP contribution in [-0.4, -0.2) is 34.0 Å². The summed E-state index contributed by atoms with van der Waals surface area (Å²) in [6.07, 6.45) is 8.37. The number of nitrogens with zero attached hydrogens (tertiary/aromatic N) is 2. The van der Waals surface area contributed by atoms with Crippen LogP contribution in [0.2, 0.25) is 0 Å². The molecule has 1 aliphatic carbocycles. The Hall–Kier alpha value is -1.50. The molecule has 1 amide bonds. The van der Waals surface area contributed by atoms with Crippen molar-refractivity contribution in [2.24, 2.45) is 7.05 Å². The maximum Gasteiger partial charge on any atom is 0.241 e. The molecule has 1 unspecified atom stereocenters. The van der Waals surface area contributed by atoms with Gasteiger partial charge in [-0.25, -0.2) is 0 Å². The fraction of sp³-hybridized carbons (Fsp3) is 0.474. The number of benzene rings is 1. The average molecular weight is 395 g/mol. The molecule has 0 spiro atoms. The zero-order valence-corrected chi connectivity index (χ0v) is 16.9. The van der Waals surface area contributed by atoms with Gasteiger partial charge in [-0.15, -0.1) is 24.2 Å². The molecule has 0 aliphatic heterocycles. The number of amides is 1. The molecule has 0 saturated heterocycles. The van der Waals surface area contributed by atoms with Crippen molar-refractivity contribution in [3.8, 4) is 0 Å². The Bertz CT molecular complexity index is 701. The standard InChI is InChI=1S/C19H26N4OS.ClH/c1-20-17(15-12-22-23(2)13-15)18(24)21-14-19(10-6-7-11-19)25-16-8-4-3-5-9-16;/h3-5,8-9,12-13,17,20H,6-7,10-11,14H2,1-2H3,(H,21,24);1H. The van der Waals surface area contributed by atoms with E-state index < -0.39 is 0 Å². The van der Waals surface area contributed by atoms with Crippen LogP contribution >= 0.6 is 24.2 Å². The summed E-state index contributed by atoms with van der Waals surface area (Å²) in [5.41, 5.74) is 0.888. The van der Waals surface area contributed by atoms with Crippen LogP contribution in [-0.2, 0) is 11.8 Å². The highest BCUT2D eigenvalue weighted by atomic mass is 35.5. The van der Waals surface area contributed by atoms with Crippen LogP contribution in [0.5, 0.6) is 0 Å². The van der Waals surface area contributed by atoms with E-state index in [1.807, 2.05) is 31.1 Å². The first-order chi connectivity index (χ1) is 12.1. The molecule has 1 heterocycles. The van der Waals surface area contributed by atoms with Crippen LogP contribution in [0.25, 0.3) is 0 Å². The number of rotatable bonds is 7. The molecule has 1 saturated carbocycles. The van der Waals surface area contributed by atoms with Crippen molar-refractivity contribution in [1.82, 2.24) is 20.4 Å². The number of likely N-dealkylation sites (N-methyl/N-ethyl adjacent to an activating group) is 1. The van der Waals surface area contributed by atoms with Gasteiger partial charge in [-0.2, -0.15) is 5.10 Å². The summed E-state index contributed by atoms with van der Waals surface area (Å²) in [4.78, 5) is 14.0. The number of aryl methyl sites for hydroxylation is 1. The van der Waals surface area contributed by atoms with Gasteiger partial charge in [0.15, 0.2) is 0 Å². The van der Waals surface area contributed by atoms with Crippen molar-refractivity contribution in [1.29, 1.82) is 0 Å². The number of halogens is 1. The summed E-state index contributed by atoms with van der Waals surface area (Å²) in [6.45, 7) is 0.698. The van der Waals surface area contributed by atoms with E-state index >= 15 is 0 Å². The van der Waals surface area contributed by atoms with E-state index in [4.69, 9.17) is 0 Å². The number of hydrogen-bond donors (Lipinski definition) is 2. The minimum absolute atomic E-state index is 0. The van der Waals surface area contributed by atoms with Crippen molar-refractivity contribution in [3.05, 3.63) is 48.3 Å². The highest BCUT2D eigenvalue weighted by Crippen LogP contribution is 2.44. The lowest BCUT2D eigenvalue weighted by Crippen LogP contribution is -2.43. The second kappa shape index (κ2) is 9.44. The maximum atomic E-state index is 12.7. The Balaban J connectivity index is 0.00000243. The van der Waals surface area contributed by atoms with Crippen LogP contribution in [0.4, 0.5) is 0 Å². The normalized spacial score (nSPS) is 16.7. The maximum absolute atomic E-state index is 12.7. The second-order valence-corrected chi connectivity index (χ2v) is 8.23. The van der Waals surface area contributed by atoms with Crippen molar-refractivity contribution in [2.45, 2.75) is 41.4 Å². The first-order valence-corrected chi connectivity index (χ1v) is 9.61. The molecule has 2 N–H and O–H groups in total. The highest BCUT2D eigenvalue weighted by Gasteiger charge is 2.36. The average Bonchev–Trinajstić information content (AvgIpc) is 3.25. The lowest BCUT2D eigenvalue weighted by molar-refractivity contribution is -0.123. The van der Waals surface area contributed by atoms with E-state index in [1.54, 1.807) is 17.9 Å². The molecule has 1 fully saturated rings. The highest BCUT2D eigenvalue weighted by molar-refractivity contribution is 8.00. The number of carbonyl (C=O) groups excluding carboxylic acids is 1. The minimum Gasteiger partial charge on any atom is -0.353 e. The minimum atomic E-state index is -0.367. The summed E-state index contributed by atoms with van der Waals surface area (Å²) < 4.78 is 1.82. The Kier molecular flexibility index (Phi) is 7.55. The molecule has 1 aliphatic rings. The number of hydrogen-bond acceptors (Lipinski definition) is 4. The zero-order chi connectivity index (χ0) is 17.7. The van der Waals surface area contributed by atoms with E-state index in [9.17, 15) is 4.79 Å². The van der Waals surface area contributed by atoms with Crippen LogP contribution in [0.1, 0.15) is 37.3 Å². The molecule has 2 aromatic rings. The molecule has 26 heavy (non-hydrogen) atoms. The number of thioether (sulfide) groups is 1. The molecular weight excluding hydrogens is 368 g/mol. The van der Waals surface area contributed by atoms with E-state index in [0.29, 0.717) is 6.54 Å². The summed E-state index contributed by atoms with van der Waals surface area (Å²) in [7, 11) is 3.67. The summed E-state index contributed by atoms with van der Waals surface area (Å²) in [6, 6.07) is 10.1. The molecule has 1 aromatic heterocycles. The second-order valence-electron chi connectivity index (χ2n) is 6.69. The van der Waals surface area contributed by atoms with E-state index in [1.165, 1.54) is 17.7 Å². The third-order valence-corrected chi connectivity index (χ3v) is 6.28. The molecule has 1 atom stereocenters.